The lowest BCUT2D eigenvalue weighted by atomic mass is 9.97. The van der Waals surface area contributed by atoms with Gasteiger partial charge in [-0.1, -0.05) is 0 Å². The summed E-state index contributed by atoms with van der Waals surface area (Å²) >= 11 is 0. The molecule has 1 atom stereocenters. The molecule has 0 aliphatic carbocycles. The van der Waals surface area contributed by atoms with Gasteiger partial charge in [-0.25, -0.2) is 9.78 Å². The van der Waals surface area contributed by atoms with E-state index in [1.165, 1.54) is 0 Å². The number of carbonyl (C=O) groups is 1. The summed E-state index contributed by atoms with van der Waals surface area (Å²) in [7, 11) is 0. The molecule has 3 heterocycles. The molecule has 0 unspecified atom stereocenters. The third-order valence-corrected chi connectivity index (χ3v) is 4.61. The molecule has 3 rings (SSSR count). The Kier molecular flexibility index (Phi) is 5.27. The summed E-state index contributed by atoms with van der Waals surface area (Å²) in [6, 6.07) is 0. The second kappa shape index (κ2) is 7.34. The van der Waals surface area contributed by atoms with Crippen LogP contribution in [0, 0.1) is 12.8 Å². The Balaban J connectivity index is 1.86. The van der Waals surface area contributed by atoms with E-state index in [4.69, 9.17) is 14.9 Å². The van der Waals surface area contributed by atoms with Crippen molar-refractivity contribution in [1.29, 1.82) is 0 Å². The number of nitrogens with two attached hydrogens (primary N) is 1. The smallest absolute Gasteiger partial charge is 0.393 e. The van der Waals surface area contributed by atoms with Crippen LogP contribution in [0.15, 0.2) is 4.42 Å². The average Bonchev–Trinajstić information content (AvgIpc) is 2.91. The Labute approximate surface area is 153 Å². The fourth-order valence-electron chi connectivity index (χ4n) is 3.37. The van der Waals surface area contributed by atoms with E-state index in [2.05, 4.69) is 9.97 Å². The third kappa shape index (κ3) is 4.00. The third-order valence-electron chi connectivity index (χ3n) is 4.61. The minimum Gasteiger partial charge on any atom is -0.462 e. The number of likely N-dealkylation sites (tertiary alicyclic amines) is 1. The van der Waals surface area contributed by atoms with Gasteiger partial charge in [0.05, 0.1) is 24.5 Å². The number of hydrogen-bond donors (Lipinski definition) is 1. The van der Waals surface area contributed by atoms with Gasteiger partial charge in [-0.05, 0) is 33.2 Å². The Bertz CT molecular complexity index is 850. The first-order valence-corrected chi connectivity index (χ1v) is 8.72. The quantitative estimate of drug-likeness (QED) is 0.807. The van der Waals surface area contributed by atoms with E-state index in [0.717, 1.165) is 0 Å². The standard InChI is InChI=1S/C17H21F3N4O3/c1-3-26-16(25)12-9(2)27-15-13(12)14(21)22-11(23-15)8-24-6-4-5-10(7-24)17(18,19)20/h10H,3-8H2,1-2H3,(H2,21,22,23)/t10-/m0/s1. The first-order chi connectivity index (χ1) is 12.7. The highest BCUT2D eigenvalue weighted by molar-refractivity contribution is 6.07. The summed E-state index contributed by atoms with van der Waals surface area (Å²) in [4.78, 5) is 22.2. The van der Waals surface area contributed by atoms with Crippen LogP contribution in [0.25, 0.3) is 11.1 Å². The van der Waals surface area contributed by atoms with Crippen LogP contribution in [0.5, 0.6) is 0 Å². The van der Waals surface area contributed by atoms with Gasteiger partial charge in [0.2, 0.25) is 5.71 Å². The zero-order chi connectivity index (χ0) is 19.8. The SMILES string of the molecule is CCOC(=O)c1c(C)oc2nc(CN3CCC[C@H](C(F)(F)F)C3)nc(N)c12. The minimum atomic E-state index is -4.21. The molecule has 1 aliphatic rings. The number of piperidine rings is 1. The number of esters is 1. The van der Waals surface area contributed by atoms with Crippen molar-refractivity contribution in [2.45, 2.75) is 39.4 Å². The number of anilines is 1. The summed E-state index contributed by atoms with van der Waals surface area (Å²) < 4.78 is 49.4. The van der Waals surface area contributed by atoms with Crippen molar-refractivity contribution in [2.24, 2.45) is 5.92 Å². The van der Waals surface area contributed by atoms with Crippen molar-refractivity contribution >= 4 is 22.9 Å². The normalized spacial score (nSPS) is 18.8. The van der Waals surface area contributed by atoms with Gasteiger partial charge in [0, 0.05) is 6.54 Å². The molecule has 27 heavy (non-hydrogen) atoms. The van der Waals surface area contributed by atoms with E-state index in [9.17, 15) is 18.0 Å². The molecule has 2 N–H and O–H groups in total. The van der Waals surface area contributed by atoms with Crippen LogP contribution in [0.2, 0.25) is 0 Å². The molecule has 2 aromatic rings. The molecule has 0 aromatic carbocycles. The van der Waals surface area contributed by atoms with Gasteiger partial charge >= 0.3 is 12.1 Å². The van der Waals surface area contributed by atoms with Crippen LogP contribution in [-0.4, -0.2) is 46.7 Å². The number of nitrogens with zero attached hydrogens (tertiary/aromatic N) is 3. The number of halogens is 3. The van der Waals surface area contributed by atoms with Gasteiger partial charge in [-0.2, -0.15) is 18.2 Å². The molecule has 1 fully saturated rings. The van der Waals surface area contributed by atoms with E-state index in [0.29, 0.717) is 18.7 Å². The van der Waals surface area contributed by atoms with E-state index in [1.54, 1.807) is 18.7 Å². The average molecular weight is 386 g/mol. The molecule has 10 heteroatoms. The van der Waals surface area contributed by atoms with E-state index in [1.807, 2.05) is 0 Å². The van der Waals surface area contributed by atoms with Gasteiger partial charge in [-0.3, -0.25) is 4.90 Å². The first kappa shape index (κ1) is 19.4. The van der Waals surface area contributed by atoms with Crippen molar-refractivity contribution in [1.82, 2.24) is 14.9 Å². The number of alkyl halides is 3. The Morgan fingerprint density at radius 3 is 2.81 bits per heavy atom. The molecule has 0 bridgehead atoms. The van der Waals surface area contributed by atoms with Crippen LogP contribution in [0.1, 0.15) is 41.7 Å². The lowest BCUT2D eigenvalue weighted by molar-refractivity contribution is -0.187. The summed E-state index contributed by atoms with van der Waals surface area (Å²) in [5.41, 5.74) is 6.29. The summed E-state index contributed by atoms with van der Waals surface area (Å²) in [6.45, 7) is 4.02. The number of aryl methyl sites for hydroxylation is 1. The highest BCUT2D eigenvalue weighted by Crippen LogP contribution is 2.34. The maximum absolute atomic E-state index is 13.0. The molecular weight excluding hydrogens is 365 g/mol. The van der Waals surface area contributed by atoms with E-state index < -0.39 is 18.1 Å². The largest absolute Gasteiger partial charge is 0.462 e. The zero-order valence-electron chi connectivity index (χ0n) is 15.1. The molecule has 0 spiro atoms. The molecule has 0 radical (unpaired) electrons. The van der Waals surface area contributed by atoms with Crippen molar-refractivity contribution in [3.05, 3.63) is 17.1 Å². The highest BCUT2D eigenvalue weighted by atomic mass is 19.4. The fourth-order valence-corrected chi connectivity index (χ4v) is 3.37. The maximum atomic E-state index is 13.0. The summed E-state index contributed by atoms with van der Waals surface area (Å²) in [5.74, 6) is -1.34. The number of aromatic nitrogens is 2. The van der Waals surface area contributed by atoms with Crippen LogP contribution in [-0.2, 0) is 11.3 Å². The predicted octanol–water partition coefficient (Wildman–Crippen LogP) is 3.06. The molecule has 0 saturated carbocycles. The molecule has 1 aliphatic heterocycles. The minimum absolute atomic E-state index is 0.0410. The maximum Gasteiger partial charge on any atom is 0.393 e. The van der Waals surface area contributed by atoms with E-state index >= 15 is 0 Å². The number of fused-ring (bicyclic) bond motifs is 1. The van der Waals surface area contributed by atoms with Crippen LogP contribution in [0.3, 0.4) is 0 Å². The molecule has 2 aromatic heterocycles. The number of carbonyl (C=O) groups excluding carboxylic acids is 1. The molecule has 1 saturated heterocycles. The van der Waals surface area contributed by atoms with Crippen LogP contribution in [0.4, 0.5) is 19.0 Å². The molecular formula is C17H21F3N4O3. The first-order valence-electron chi connectivity index (χ1n) is 8.72. The van der Waals surface area contributed by atoms with Crippen molar-refractivity contribution in [3.63, 3.8) is 0 Å². The van der Waals surface area contributed by atoms with Gasteiger partial charge in [-0.15, -0.1) is 0 Å². The van der Waals surface area contributed by atoms with Crippen LogP contribution >= 0.6 is 0 Å². The monoisotopic (exact) mass is 386 g/mol. The number of ether oxygens (including phenoxy) is 1. The van der Waals surface area contributed by atoms with Crippen molar-refractivity contribution in [3.8, 4) is 0 Å². The summed E-state index contributed by atoms with van der Waals surface area (Å²) in [5, 5.41) is 0.265. The Morgan fingerprint density at radius 1 is 1.41 bits per heavy atom. The number of hydrogen-bond acceptors (Lipinski definition) is 7. The second-order valence-corrected chi connectivity index (χ2v) is 6.57. The molecule has 7 nitrogen and oxygen atoms in total. The zero-order valence-corrected chi connectivity index (χ0v) is 15.1. The molecule has 148 valence electrons. The number of nitrogen functional groups attached to an aromatic ring is 1. The fraction of sp³-hybridized carbons (Fsp3) is 0.588. The predicted molar refractivity (Wildman–Crippen MR) is 91.0 cm³/mol. The lowest BCUT2D eigenvalue weighted by Gasteiger charge is -2.33. The van der Waals surface area contributed by atoms with Gasteiger partial charge < -0.3 is 14.9 Å². The van der Waals surface area contributed by atoms with Gasteiger partial charge in [0.25, 0.3) is 0 Å². The lowest BCUT2D eigenvalue weighted by Crippen LogP contribution is -2.41. The van der Waals surface area contributed by atoms with Crippen molar-refractivity contribution < 1.29 is 27.1 Å². The topological polar surface area (TPSA) is 94.5 Å². The second-order valence-electron chi connectivity index (χ2n) is 6.57. The number of rotatable bonds is 4. The summed E-state index contributed by atoms with van der Waals surface area (Å²) in [6.07, 6.45) is -3.63. The van der Waals surface area contributed by atoms with E-state index in [-0.39, 0.29) is 54.4 Å². The van der Waals surface area contributed by atoms with Crippen LogP contribution < -0.4 is 5.73 Å². The Hall–Kier alpha value is -2.36. The van der Waals surface area contributed by atoms with Crippen molar-refractivity contribution in [2.75, 3.05) is 25.4 Å². The number of furan rings is 1. The Morgan fingerprint density at radius 2 is 2.15 bits per heavy atom. The van der Waals surface area contributed by atoms with Gasteiger partial charge in [0.15, 0.2) is 0 Å². The van der Waals surface area contributed by atoms with Gasteiger partial charge in [0.1, 0.15) is 23.0 Å². The highest BCUT2D eigenvalue weighted by Gasteiger charge is 2.41. The molecule has 0 amide bonds.